The number of aliphatic hydroxyl groups is 1. The van der Waals surface area contributed by atoms with Crippen molar-refractivity contribution in [1.29, 1.82) is 0 Å². The Morgan fingerprint density at radius 1 is 1.07 bits per heavy atom. The average molecular weight is 611 g/mol. The van der Waals surface area contributed by atoms with Crippen LogP contribution in [0.25, 0.3) is 0 Å². The Labute approximate surface area is 259 Å². The van der Waals surface area contributed by atoms with Crippen LogP contribution in [0.5, 0.6) is 5.75 Å². The number of amides is 4. The van der Waals surface area contributed by atoms with Crippen LogP contribution in [0.1, 0.15) is 75.2 Å². The van der Waals surface area contributed by atoms with Crippen LogP contribution in [-0.2, 0) is 32.1 Å². The largest absolute Gasteiger partial charge is 0.463 e. The van der Waals surface area contributed by atoms with Crippen molar-refractivity contribution in [3.05, 3.63) is 59.2 Å². The van der Waals surface area contributed by atoms with Crippen LogP contribution in [0, 0.1) is 0 Å². The number of hydrogen-bond acceptors (Lipinski definition) is 8. The number of carbonyl (C=O) groups is 3. The van der Waals surface area contributed by atoms with E-state index in [9.17, 15) is 19.5 Å². The molecule has 0 radical (unpaired) electrons. The summed E-state index contributed by atoms with van der Waals surface area (Å²) in [5.41, 5.74) is 8.69. The molecule has 11 heteroatoms. The summed E-state index contributed by atoms with van der Waals surface area (Å²) in [6.45, 7) is 6.58. The fourth-order valence-corrected chi connectivity index (χ4v) is 5.30. The highest BCUT2D eigenvalue weighted by Gasteiger charge is 2.37. The maximum absolute atomic E-state index is 12.5. The maximum atomic E-state index is 12.5. The fourth-order valence-electron chi connectivity index (χ4n) is 5.30. The predicted octanol–water partition coefficient (Wildman–Crippen LogP) is 3.81. The molecule has 240 valence electrons. The lowest BCUT2D eigenvalue weighted by molar-refractivity contribution is -0.180. The number of urea groups is 1. The molecule has 11 nitrogen and oxygen atoms in total. The van der Waals surface area contributed by atoms with Gasteiger partial charge in [0.25, 0.3) is 5.91 Å². The van der Waals surface area contributed by atoms with E-state index in [0.717, 1.165) is 85.4 Å². The third-order valence-electron chi connectivity index (χ3n) is 7.73. The van der Waals surface area contributed by atoms with Gasteiger partial charge in [-0.3, -0.25) is 19.4 Å². The van der Waals surface area contributed by atoms with E-state index in [-0.39, 0.29) is 6.54 Å². The Bertz CT molecular complexity index is 1280. The molecule has 0 saturated carbocycles. The number of fused-ring (bicyclic) bond motifs is 1. The first-order valence-corrected chi connectivity index (χ1v) is 15.5. The molecule has 2 aliphatic rings. The molecule has 2 aromatic rings. The van der Waals surface area contributed by atoms with Gasteiger partial charge in [-0.05, 0) is 74.0 Å². The molecular weight excluding hydrogens is 564 g/mol. The molecule has 0 bridgehead atoms. The number of rotatable bonds is 18. The number of imide groups is 1. The highest BCUT2D eigenvalue weighted by molar-refractivity contribution is 6.13. The van der Waals surface area contributed by atoms with Crippen molar-refractivity contribution in [2.75, 3.05) is 44.3 Å². The third-order valence-corrected chi connectivity index (χ3v) is 7.73. The zero-order valence-corrected chi connectivity index (χ0v) is 25.9. The molecule has 4 amide bonds. The van der Waals surface area contributed by atoms with Crippen LogP contribution < -0.4 is 20.7 Å². The van der Waals surface area contributed by atoms with E-state index in [1.54, 1.807) is 6.07 Å². The molecule has 4 rings (SSSR count). The zero-order valence-electron chi connectivity index (χ0n) is 25.9. The van der Waals surface area contributed by atoms with E-state index in [4.69, 9.17) is 19.9 Å². The third kappa shape index (κ3) is 9.75. The lowest BCUT2D eigenvalue weighted by Crippen LogP contribution is -2.39. The number of primary amides is 1. The van der Waals surface area contributed by atoms with E-state index < -0.39 is 36.3 Å². The Hall–Kier alpha value is -3.51. The molecular formula is C33H46N4O7. The van der Waals surface area contributed by atoms with Crippen molar-refractivity contribution in [2.24, 2.45) is 5.73 Å². The number of anilines is 1. The second-order valence-corrected chi connectivity index (χ2v) is 11.8. The second kappa shape index (κ2) is 16.0. The number of nitrogens with one attached hydrogen (secondary N) is 1. The standard InChI is InChI=1S/C33H46N4O7/c1-33(2)43-23-26-19-25(13-14-29(26)44-33)28(38)20-35-15-6-3-4-7-16-42-17-8-5-10-24-11-9-12-27(18-24)36-22-31(40)37(32(36)41)21-30(34)39/h9,11-14,18-19,28,35,38H,3-8,10,15-17,20-23H2,1-2H3,(H2,34,39)/t28-/m1/s1. The molecule has 0 aromatic heterocycles. The number of unbranched alkanes of at least 4 members (excludes halogenated alkanes) is 4. The fraction of sp³-hybridized carbons (Fsp3) is 0.545. The lowest BCUT2D eigenvalue weighted by atomic mass is 10.0. The van der Waals surface area contributed by atoms with E-state index in [1.807, 2.05) is 50.2 Å². The van der Waals surface area contributed by atoms with Gasteiger partial charge in [0.2, 0.25) is 11.7 Å². The van der Waals surface area contributed by atoms with Crippen molar-refractivity contribution in [2.45, 2.75) is 77.3 Å². The molecule has 2 aromatic carbocycles. The van der Waals surface area contributed by atoms with Gasteiger partial charge >= 0.3 is 6.03 Å². The number of benzene rings is 2. The van der Waals surface area contributed by atoms with Gasteiger partial charge in [-0.2, -0.15) is 0 Å². The number of aliphatic hydroxyl groups excluding tert-OH is 1. The quantitative estimate of drug-likeness (QED) is 0.171. The minimum atomic E-state index is -0.718. The van der Waals surface area contributed by atoms with Crippen LogP contribution in [0.3, 0.4) is 0 Å². The van der Waals surface area contributed by atoms with Gasteiger partial charge in [-0.15, -0.1) is 0 Å². The molecule has 1 saturated heterocycles. The van der Waals surface area contributed by atoms with Crippen molar-refractivity contribution in [3.8, 4) is 5.75 Å². The summed E-state index contributed by atoms with van der Waals surface area (Å²) in [5, 5.41) is 13.9. The Morgan fingerprint density at radius 3 is 2.64 bits per heavy atom. The highest BCUT2D eigenvalue weighted by atomic mass is 16.7. The number of nitrogens with two attached hydrogens (primary N) is 1. The molecule has 0 unspecified atom stereocenters. The summed E-state index contributed by atoms with van der Waals surface area (Å²) in [6, 6.07) is 12.8. The minimum Gasteiger partial charge on any atom is -0.463 e. The summed E-state index contributed by atoms with van der Waals surface area (Å²) >= 11 is 0. The first-order chi connectivity index (χ1) is 21.1. The van der Waals surface area contributed by atoms with E-state index in [1.165, 1.54) is 4.90 Å². The van der Waals surface area contributed by atoms with Crippen molar-refractivity contribution < 1.29 is 33.7 Å². The van der Waals surface area contributed by atoms with Gasteiger partial charge in [0, 0.05) is 44.9 Å². The Kier molecular flexibility index (Phi) is 12.1. The van der Waals surface area contributed by atoms with Gasteiger partial charge in [-0.25, -0.2) is 4.79 Å². The predicted molar refractivity (Wildman–Crippen MR) is 166 cm³/mol. The number of ether oxygens (including phenoxy) is 3. The lowest BCUT2D eigenvalue weighted by Gasteiger charge is -2.33. The van der Waals surface area contributed by atoms with E-state index in [0.29, 0.717) is 25.4 Å². The average Bonchev–Trinajstić information content (AvgIpc) is 3.27. The topological polar surface area (TPSA) is 144 Å². The summed E-state index contributed by atoms with van der Waals surface area (Å²) < 4.78 is 17.3. The monoisotopic (exact) mass is 610 g/mol. The number of nitrogens with zero attached hydrogens (tertiary/aromatic N) is 2. The molecule has 2 aliphatic heterocycles. The van der Waals surface area contributed by atoms with Gasteiger partial charge in [0.1, 0.15) is 18.8 Å². The van der Waals surface area contributed by atoms with Crippen molar-refractivity contribution in [3.63, 3.8) is 0 Å². The van der Waals surface area contributed by atoms with Crippen LogP contribution in [-0.4, -0.2) is 73.0 Å². The molecule has 2 heterocycles. The number of carbonyl (C=O) groups excluding carboxylic acids is 3. The van der Waals surface area contributed by atoms with Crippen molar-refractivity contribution >= 4 is 23.5 Å². The van der Waals surface area contributed by atoms with Crippen LogP contribution >= 0.6 is 0 Å². The zero-order chi connectivity index (χ0) is 31.5. The number of aryl methyl sites for hydroxylation is 1. The first-order valence-electron chi connectivity index (χ1n) is 15.5. The van der Waals surface area contributed by atoms with Crippen LogP contribution in [0.15, 0.2) is 42.5 Å². The molecule has 0 aliphatic carbocycles. The van der Waals surface area contributed by atoms with Gasteiger partial charge in [-0.1, -0.05) is 31.0 Å². The molecule has 0 spiro atoms. The Balaban J connectivity index is 1.00. The summed E-state index contributed by atoms with van der Waals surface area (Å²) in [6.07, 6.45) is 6.44. The minimum absolute atomic E-state index is 0.0927. The Morgan fingerprint density at radius 2 is 1.84 bits per heavy atom. The SMILES string of the molecule is CC1(C)OCc2cc([C@H](O)CNCCCCCCOCCCCc3cccc(N4CC(=O)N(CC(N)=O)C4=O)c3)ccc2O1. The summed E-state index contributed by atoms with van der Waals surface area (Å²) in [5.74, 6) is -0.961. The molecule has 1 fully saturated rings. The first kappa shape index (κ1) is 33.4. The maximum Gasteiger partial charge on any atom is 0.332 e. The molecule has 4 N–H and O–H groups in total. The highest BCUT2D eigenvalue weighted by Crippen LogP contribution is 2.33. The normalized spacial score (nSPS) is 16.6. The van der Waals surface area contributed by atoms with Crippen molar-refractivity contribution in [1.82, 2.24) is 10.2 Å². The second-order valence-electron chi connectivity index (χ2n) is 11.8. The summed E-state index contributed by atoms with van der Waals surface area (Å²) in [4.78, 5) is 38.1. The van der Waals surface area contributed by atoms with E-state index >= 15 is 0 Å². The van der Waals surface area contributed by atoms with Crippen LogP contribution in [0.2, 0.25) is 0 Å². The smallest absolute Gasteiger partial charge is 0.332 e. The summed E-state index contributed by atoms with van der Waals surface area (Å²) in [7, 11) is 0. The van der Waals surface area contributed by atoms with Gasteiger partial charge in [0.15, 0.2) is 0 Å². The number of hydrogen-bond donors (Lipinski definition) is 3. The van der Waals surface area contributed by atoms with Gasteiger partial charge < -0.3 is 30.4 Å². The van der Waals surface area contributed by atoms with Gasteiger partial charge in [0.05, 0.1) is 12.7 Å². The van der Waals surface area contributed by atoms with E-state index in [2.05, 4.69) is 5.32 Å². The molecule has 44 heavy (non-hydrogen) atoms. The van der Waals surface area contributed by atoms with Crippen LogP contribution in [0.4, 0.5) is 10.5 Å². The molecule has 1 atom stereocenters.